The summed E-state index contributed by atoms with van der Waals surface area (Å²) in [4.78, 5) is 2.08. The highest BCUT2D eigenvalue weighted by Gasteiger charge is 2.09. The molecule has 1 atom stereocenters. The van der Waals surface area contributed by atoms with Crippen LogP contribution in [0, 0.1) is 10.2 Å². The van der Waals surface area contributed by atoms with Crippen molar-refractivity contribution < 1.29 is 28.9 Å². The molecule has 0 aliphatic carbocycles. The van der Waals surface area contributed by atoms with E-state index >= 15 is 0 Å². The number of hydrogen-bond donors (Lipinski definition) is 1. The Balaban J connectivity index is 0.000000505. The molecule has 9 heteroatoms. The third kappa shape index (κ3) is 8.44. The van der Waals surface area contributed by atoms with Gasteiger partial charge in [-0.2, -0.15) is 19.1 Å². The van der Waals surface area contributed by atoms with Crippen molar-refractivity contribution in [1.29, 1.82) is 0 Å². The van der Waals surface area contributed by atoms with Gasteiger partial charge in [-0.15, -0.1) is 0 Å². The normalized spacial score (nSPS) is 17.4. The van der Waals surface area contributed by atoms with Crippen LogP contribution in [-0.4, -0.2) is 36.0 Å². The van der Waals surface area contributed by atoms with Crippen LogP contribution in [0.4, 0.5) is 5.69 Å². The summed E-state index contributed by atoms with van der Waals surface area (Å²) in [6.45, 7) is 2.11. The first kappa shape index (κ1) is 20.6. The topological polar surface area (TPSA) is 108 Å². The smallest absolute Gasteiger partial charge is 0.0777 e. The fraction of sp³-hybridized carbons (Fsp3) is 0.267. The molecule has 1 N–H and O–H groups in total. The van der Waals surface area contributed by atoms with E-state index in [1.54, 1.807) is 0 Å². The molecule has 0 saturated heterocycles. The number of allylic oxidation sites excluding steroid dienone is 2. The molecule has 132 valence electrons. The average Bonchev–Trinajstić information content (AvgIpc) is 2.47. The van der Waals surface area contributed by atoms with Crippen molar-refractivity contribution in [3.05, 3.63) is 52.7 Å². The lowest BCUT2D eigenvalue weighted by Crippen LogP contribution is -2.58. The Kier molecular flexibility index (Phi) is 7.88. The number of nitrogens with zero attached hydrogens (tertiary/aromatic N) is 3. The Labute approximate surface area is 151 Å². The van der Waals surface area contributed by atoms with Crippen LogP contribution in [0.3, 0.4) is 0 Å². The number of hydrogen-bond acceptors (Lipinski definition) is 7. The van der Waals surface area contributed by atoms with Crippen molar-refractivity contribution >= 4 is 27.8 Å². The highest BCUT2D eigenvalue weighted by molar-refractivity contribution is 9.11. The molecule has 0 amide bonds. The lowest BCUT2D eigenvalue weighted by Gasteiger charge is -2.23. The third-order valence-electron chi connectivity index (χ3n) is 2.96. The van der Waals surface area contributed by atoms with Gasteiger partial charge in [-0.1, -0.05) is 18.2 Å². The van der Waals surface area contributed by atoms with Gasteiger partial charge in [-0.05, 0) is 46.6 Å². The molecule has 2 rings (SSSR count). The zero-order chi connectivity index (χ0) is 18.3. The highest BCUT2D eigenvalue weighted by atomic mass is 79.9. The number of rotatable bonds is 3. The Morgan fingerprint density at radius 2 is 1.79 bits per heavy atom. The van der Waals surface area contributed by atoms with E-state index in [1.165, 1.54) is 5.69 Å². The van der Waals surface area contributed by atoms with Gasteiger partial charge in [0.05, 0.1) is 27.2 Å². The van der Waals surface area contributed by atoms with Gasteiger partial charge in [0.1, 0.15) is 0 Å². The lowest BCUT2D eigenvalue weighted by atomic mass is 10.2. The fourth-order valence-electron chi connectivity index (χ4n) is 1.74. The largest absolute Gasteiger partial charge is 0.378 e. The molecular formula is C15H19BrClN3O4. The van der Waals surface area contributed by atoms with Crippen LogP contribution in [0.25, 0.3) is 0 Å². The molecule has 0 aromatic heterocycles. The van der Waals surface area contributed by atoms with Gasteiger partial charge >= 0.3 is 0 Å². The molecule has 1 aliphatic heterocycles. The third-order valence-corrected chi connectivity index (χ3v) is 3.43. The van der Waals surface area contributed by atoms with Crippen molar-refractivity contribution in [2.45, 2.75) is 13.0 Å². The maximum Gasteiger partial charge on any atom is 0.0777 e. The van der Waals surface area contributed by atoms with Gasteiger partial charge in [0.2, 0.25) is 0 Å². The molecule has 7 nitrogen and oxygen atoms in total. The molecule has 1 aromatic rings. The maximum absolute atomic E-state index is 8.60. The second kappa shape index (κ2) is 9.16. The first-order valence-corrected chi connectivity index (χ1v) is 8.90. The van der Waals surface area contributed by atoms with E-state index < -0.39 is 10.2 Å². The van der Waals surface area contributed by atoms with Crippen LogP contribution < -0.4 is 18.9 Å². The van der Waals surface area contributed by atoms with Crippen molar-refractivity contribution in [1.82, 2.24) is 5.01 Å². The van der Waals surface area contributed by atoms with E-state index in [0.717, 1.165) is 10.0 Å². The molecule has 1 aromatic carbocycles. The summed E-state index contributed by atoms with van der Waals surface area (Å²) < 4.78 is 33.8. The van der Waals surface area contributed by atoms with Crippen molar-refractivity contribution in [2.24, 2.45) is 5.10 Å². The first-order valence-electron chi connectivity index (χ1n) is 6.84. The second-order valence-electron chi connectivity index (χ2n) is 5.12. The summed E-state index contributed by atoms with van der Waals surface area (Å²) in [5.41, 5.74) is 2.28. The first-order chi connectivity index (χ1) is 11.1. The van der Waals surface area contributed by atoms with Crippen LogP contribution in [-0.2, 0) is 0 Å². The standard InChI is InChI=1S/C15H18BrN3.ClHO4/c1-12-4-7-14(16)11-19(12)17-10-13-5-8-15(9-6-13)18(2)3;2-1(3,4)5/h4-12H,1-3H3;(H,2,3,4,5). The monoisotopic (exact) mass is 419 g/mol. The zero-order valence-electron chi connectivity index (χ0n) is 13.5. The van der Waals surface area contributed by atoms with Gasteiger partial charge < -0.3 is 4.90 Å². The predicted molar refractivity (Wildman–Crippen MR) is 88.0 cm³/mol. The van der Waals surface area contributed by atoms with Gasteiger partial charge in [0.25, 0.3) is 0 Å². The zero-order valence-corrected chi connectivity index (χ0v) is 15.8. The van der Waals surface area contributed by atoms with E-state index in [4.69, 9.17) is 18.6 Å². The Bertz CT molecular complexity index is 606. The molecule has 0 bridgehead atoms. The van der Waals surface area contributed by atoms with Gasteiger partial charge in [-0.25, -0.2) is 0 Å². The van der Waals surface area contributed by atoms with E-state index in [2.05, 4.69) is 63.2 Å². The molecule has 1 unspecified atom stereocenters. The van der Waals surface area contributed by atoms with Crippen LogP contribution >= 0.6 is 15.9 Å². The molecule has 0 saturated carbocycles. The minimum Gasteiger partial charge on any atom is -0.378 e. The Morgan fingerprint density at radius 1 is 1.25 bits per heavy atom. The number of anilines is 1. The summed E-state index contributed by atoms with van der Waals surface area (Å²) in [5.74, 6) is 0. The van der Waals surface area contributed by atoms with Gasteiger partial charge in [0, 0.05) is 30.5 Å². The summed E-state index contributed by atoms with van der Waals surface area (Å²) in [7, 11) is -0.625. The highest BCUT2D eigenvalue weighted by Crippen LogP contribution is 2.18. The average molecular weight is 421 g/mol. The number of hydrazone groups is 1. The maximum atomic E-state index is 8.60. The minimum absolute atomic E-state index is 0.276. The van der Waals surface area contributed by atoms with Crippen molar-refractivity contribution in [2.75, 3.05) is 19.0 Å². The van der Waals surface area contributed by atoms with E-state index in [9.17, 15) is 0 Å². The van der Waals surface area contributed by atoms with Crippen molar-refractivity contribution in [3.63, 3.8) is 0 Å². The molecule has 1 heterocycles. The van der Waals surface area contributed by atoms with E-state index in [1.807, 2.05) is 37.6 Å². The quantitative estimate of drug-likeness (QED) is 0.658. The summed E-state index contributed by atoms with van der Waals surface area (Å²) in [5, 5.41) is 6.43. The molecule has 0 spiro atoms. The van der Waals surface area contributed by atoms with Crippen LogP contribution in [0.5, 0.6) is 0 Å². The summed E-state index contributed by atoms with van der Waals surface area (Å²) >= 11 is 3.46. The Morgan fingerprint density at radius 3 is 2.29 bits per heavy atom. The number of halogens is 2. The summed E-state index contributed by atoms with van der Waals surface area (Å²) in [6.07, 6.45) is 8.01. The minimum atomic E-state index is -4.69. The van der Waals surface area contributed by atoms with Crippen LogP contribution in [0.15, 0.2) is 52.2 Å². The molecule has 0 fully saturated rings. The fourth-order valence-corrected chi connectivity index (χ4v) is 2.10. The SMILES string of the molecule is CC1C=CC(Br)=CN1N=Cc1ccc(N(C)C)cc1.[O-][Cl+3]([O-])([O-])O. The molecule has 1 aliphatic rings. The van der Waals surface area contributed by atoms with Crippen molar-refractivity contribution in [3.8, 4) is 0 Å². The van der Waals surface area contributed by atoms with Crippen LogP contribution in [0.1, 0.15) is 12.5 Å². The molecule has 0 radical (unpaired) electrons. The lowest BCUT2D eigenvalue weighted by molar-refractivity contribution is -1.92. The Hall–Kier alpha value is -1.42. The predicted octanol–water partition coefficient (Wildman–Crippen LogP) is -0.541. The van der Waals surface area contributed by atoms with E-state index in [0.29, 0.717) is 0 Å². The number of benzene rings is 1. The summed E-state index contributed by atoms with van der Waals surface area (Å²) in [6, 6.07) is 8.60. The molecule has 24 heavy (non-hydrogen) atoms. The molecular weight excluding hydrogens is 402 g/mol. The van der Waals surface area contributed by atoms with Crippen LogP contribution in [0.2, 0.25) is 0 Å². The van der Waals surface area contributed by atoms with Gasteiger partial charge in [-0.3, -0.25) is 5.01 Å². The second-order valence-corrected chi connectivity index (χ2v) is 6.83. The van der Waals surface area contributed by atoms with E-state index in [-0.39, 0.29) is 6.04 Å². The van der Waals surface area contributed by atoms with Gasteiger partial charge in [0.15, 0.2) is 0 Å².